The molecule has 0 atom stereocenters. The maximum Gasteiger partial charge on any atom is 0.344 e. The van der Waals surface area contributed by atoms with Gasteiger partial charge < -0.3 is 37.9 Å². The summed E-state index contributed by atoms with van der Waals surface area (Å²) in [7, 11) is 0. The molecule has 350 valence electrons. The van der Waals surface area contributed by atoms with Crippen molar-refractivity contribution in [2.75, 3.05) is 52.9 Å². The van der Waals surface area contributed by atoms with Crippen LogP contribution < -0.4 is 18.9 Å². The van der Waals surface area contributed by atoms with Gasteiger partial charge in [-0.15, -0.1) is 0 Å². The molecule has 0 heterocycles. The normalized spacial score (nSPS) is 10.5. The minimum atomic E-state index is -0.487. The molecule has 12 nitrogen and oxygen atoms in total. The lowest BCUT2D eigenvalue weighted by molar-refractivity contribution is -0.145. The Morgan fingerprint density at radius 1 is 0.333 bits per heavy atom. The van der Waals surface area contributed by atoms with Crippen LogP contribution in [0.3, 0.4) is 0 Å². The van der Waals surface area contributed by atoms with Crippen molar-refractivity contribution in [3.63, 3.8) is 0 Å². The number of rotatable bonds is 25. The van der Waals surface area contributed by atoms with E-state index in [4.69, 9.17) is 37.9 Å². The van der Waals surface area contributed by atoms with Gasteiger partial charge in [0.15, 0.2) is 26.4 Å². The molecule has 0 saturated carbocycles. The predicted molar refractivity (Wildman–Crippen MR) is 253 cm³/mol. The molecule has 0 aliphatic carbocycles. The smallest absolute Gasteiger partial charge is 0.344 e. The van der Waals surface area contributed by atoms with Gasteiger partial charge in [0.2, 0.25) is 0 Å². The first-order valence-electron chi connectivity index (χ1n) is 21.7. The summed E-state index contributed by atoms with van der Waals surface area (Å²) < 4.78 is 44.3. The topological polar surface area (TPSA) is 142 Å². The van der Waals surface area contributed by atoms with Crippen molar-refractivity contribution in [2.45, 2.75) is 67.2 Å². The SMILES string of the molecule is CC(C)=CCOC(=O)COc1ccc(C(c2ccc(OCC(=O)OCC=C(C)C)cc2)C(c2ccc(OCC(=O)OCC=C(C)C)cc2)c2ccc(OCC(=O)OCC=C(C)C)cc2)cc1. The molecule has 0 amide bonds. The van der Waals surface area contributed by atoms with E-state index in [-0.39, 0.29) is 64.7 Å². The highest BCUT2D eigenvalue weighted by molar-refractivity contribution is 5.72. The zero-order valence-corrected chi connectivity index (χ0v) is 39.3. The van der Waals surface area contributed by atoms with Gasteiger partial charge >= 0.3 is 23.9 Å². The van der Waals surface area contributed by atoms with E-state index in [1.54, 1.807) is 0 Å². The van der Waals surface area contributed by atoms with E-state index in [1.165, 1.54) is 0 Å². The standard InChI is InChI=1S/C54H62O12/c1-37(2)25-29-59-49(55)33-63-45-17-9-41(10-18-45)53(42-11-19-46(20-12-42)64-34-50(56)60-30-26-38(3)4)54(43-13-21-47(22-14-43)65-35-51(57)61-31-27-39(5)6)44-15-23-48(24-16-44)66-36-52(58)62-32-28-40(7)8/h9-28,53-54H,29-36H2,1-8H3. The Morgan fingerprint density at radius 2 is 0.515 bits per heavy atom. The summed E-state index contributed by atoms with van der Waals surface area (Å²) in [6.45, 7) is 15.1. The average molecular weight is 903 g/mol. The summed E-state index contributed by atoms with van der Waals surface area (Å²) in [4.78, 5) is 49.5. The lowest BCUT2D eigenvalue weighted by atomic mass is 9.73. The van der Waals surface area contributed by atoms with Crippen molar-refractivity contribution in [1.82, 2.24) is 0 Å². The van der Waals surface area contributed by atoms with E-state index in [2.05, 4.69) is 0 Å². The summed E-state index contributed by atoms with van der Waals surface area (Å²) in [5, 5.41) is 0. The fraction of sp³-hybridized carbons (Fsp3) is 0.333. The molecule has 0 saturated heterocycles. The second kappa shape index (κ2) is 27.3. The van der Waals surface area contributed by atoms with Gasteiger partial charge in [-0.05, 0) is 150 Å². The van der Waals surface area contributed by atoms with Crippen LogP contribution >= 0.6 is 0 Å². The number of carbonyl (C=O) groups is 4. The molecule has 0 unspecified atom stereocenters. The van der Waals surface area contributed by atoms with Crippen molar-refractivity contribution in [2.24, 2.45) is 0 Å². The number of allylic oxidation sites excluding steroid dienone is 4. The molecule has 0 bridgehead atoms. The summed E-state index contributed by atoms with van der Waals surface area (Å²) in [5.41, 5.74) is 7.81. The van der Waals surface area contributed by atoms with Gasteiger partial charge in [-0.25, -0.2) is 19.2 Å². The molecule has 12 heteroatoms. The first-order chi connectivity index (χ1) is 31.7. The Balaban J connectivity index is 1.70. The molecule has 0 spiro atoms. The number of hydrogen-bond donors (Lipinski definition) is 0. The van der Waals surface area contributed by atoms with Crippen LogP contribution in [0.2, 0.25) is 0 Å². The van der Waals surface area contributed by atoms with Gasteiger partial charge in [0.25, 0.3) is 0 Å². The molecule has 66 heavy (non-hydrogen) atoms. The van der Waals surface area contributed by atoms with Gasteiger partial charge in [-0.3, -0.25) is 0 Å². The Hall–Kier alpha value is -7.08. The molecule has 4 aromatic rings. The van der Waals surface area contributed by atoms with Crippen molar-refractivity contribution < 1.29 is 57.1 Å². The van der Waals surface area contributed by atoms with Crippen molar-refractivity contribution >= 4 is 23.9 Å². The van der Waals surface area contributed by atoms with Crippen LogP contribution in [0.1, 0.15) is 89.5 Å². The van der Waals surface area contributed by atoms with Gasteiger partial charge in [-0.2, -0.15) is 0 Å². The summed E-state index contributed by atoms with van der Waals surface area (Å²) in [6, 6.07) is 30.1. The first kappa shape index (κ1) is 51.6. The number of hydrogen-bond acceptors (Lipinski definition) is 12. The van der Waals surface area contributed by atoms with E-state index in [9.17, 15) is 19.2 Å². The number of benzene rings is 4. The lowest BCUT2D eigenvalue weighted by Crippen LogP contribution is -2.17. The molecule has 4 aromatic carbocycles. The van der Waals surface area contributed by atoms with Crippen LogP contribution in [0.25, 0.3) is 0 Å². The molecule has 4 rings (SSSR count). The first-order valence-corrected chi connectivity index (χ1v) is 21.7. The minimum absolute atomic E-state index is 0.170. The zero-order chi connectivity index (χ0) is 47.8. The fourth-order valence-electron chi connectivity index (χ4n) is 6.18. The van der Waals surface area contributed by atoms with Crippen LogP contribution in [0.5, 0.6) is 23.0 Å². The molecule has 0 aliphatic rings. The van der Waals surface area contributed by atoms with Crippen molar-refractivity contribution in [3.05, 3.63) is 166 Å². The van der Waals surface area contributed by atoms with E-state index < -0.39 is 23.9 Å². The maximum atomic E-state index is 12.4. The van der Waals surface area contributed by atoms with Crippen LogP contribution in [-0.2, 0) is 38.1 Å². The maximum absolute atomic E-state index is 12.4. The quantitative estimate of drug-likeness (QED) is 0.0355. The van der Waals surface area contributed by atoms with Crippen molar-refractivity contribution in [1.29, 1.82) is 0 Å². The van der Waals surface area contributed by atoms with Gasteiger partial charge in [0.05, 0.1) is 0 Å². The molecule has 0 radical (unpaired) electrons. The van der Waals surface area contributed by atoms with Gasteiger partial charge in [-0.1, -0.05) is 70.8 Å². The second-order valence-electron chi connectivity index (χ2n) is 16.2. The van der Waals surface area contributed by atoms with Crippen LogP contribution in [0.15, 0.2) is 144 Å². The molecule has 0 aliphatic heterocycles. The van der Waals surface area contributed by atoms with E-state index >= 15 is 0 Å². The third-order valence-electron chi connectivity index (χ3n) is 9.66. The Labute approximate surface area is 388 Å². The lowest BCUT2D eigenvalue weighted by Gasteiger charge is -2.30. The average Bonchev–Trinajstić information content (AvgIpc) is 3.28. The van der Waals surface area contributed by atoms with Gasteiger partial charge in [0, 0.05) is 11.8 Å². The second-order valence-corrected chi connectivity index (χ2v) is 16.2. The van der Waals surface area contributed by atoms with Crippen LogP contribution in [-0.4, -0.2) is 76.7 Å². The predicted octanol–water partition coefficient (Wildman–Crippen LogP) is 10.2. The largest absolute Gasteiger partial charge is 0.482 e. The fourth-order valence-corrected chi connectivity index (χ4v) is 6.18. The van der Waals surface area contributed by atoms with Crippen LogP contribution in [0, 0.1) is 0 Å². The van der Waals surface area contributed by atoms with E-state index in [1.807, 2.05) is 177 Å². The number of ether oxygens (including phenoxy) is 8. The number of esters is 4. The van der Waals surface area contributed by atoms with Crippen LogP contribution in [0.4, 0.5) is 0 Å². The molecule has 0 fully saturated rings. The Kier molecular flexibility index (Phi) is 21.3. The Bertz CT molecular complexity index is 1960. The summed E-state index contributed by atoms with van der Waals surface area (Å²) in [5.74, 6) is -0.707. The highest BCUT2D eigenvalue weighted by Crippen LogP contribution is 2.44. The molecular weight excluding hydrogens is 841 g/mol. The highest BCUT2D eigenvalue weighted by Gasteiger charge is 2.29. The Morgan fingerprint density at radius 3 is 0.682 bits per heavy atom. The molecule has 0 N–H and O–H groups in total. The molecular formula is C54H62O12. The third kappa shape index (κ3) is 18.9. The molecule has 0 aromatic heterocycles. The minimum Gasteiger partial charge on any atom is -0.482 e. The van der Waals surface area contributed by atoms with Gasteiger partial charge in [0.1, 0.15) is 49.4 Å². The summed E-state index contributed by atoms with van der Waals surface area (Å²) >= 11 is 0. The highest BCUT2D eigenvalue weighted by atomic mass is 16.6. The summed E-state index contributed by atoms with van der Waals surface area (Å²) in [6.07, 6.45) is 7.27. The van der Waals surface area contributed by atoms with Crippen molar-refractivity contribution in [3.8, 4) is 23.0 Å². The van der Waals surface area contributed by atoms with E-state index in [0.717, 1.165) is 44.5 Å². The number of carbonyl (C=O) groups excluding carboxylic acids is 4. The van der Waals surface area contributed by atoms with E-state index in [0.29, 0.717) is 23.0 Å². The monoisotopic (exact) mass is 902 g/mol. The third-order valence-corrected chi connectivity index (χ3v) is 9.66. The zero-order valence-electron chi connectivity index (χ0n) is 39.3.